The molecule has 0 aliphatic carbocycles. The van der Waals surface area contributed by atoms with Gasteiger partial charge in [-0.05, 0) is 69.2 Å². The molecule has 0 saturated heterocycles. The van der Waals surface area contributed by atoms with Crippen LogP contribution in [-0.2, 0) is 16.1 Å². The molecule has 7 heteroatoms. The SMILES string of the molecule is Cc1cc(OCC(=O)N(Cc2ccc(Br)cc2)[C@@H](C)C(=O)NC(C)C)ccc1Cl. The summed E-state index contributed by atoms with van der Waals surface area (Å²) in [6, 6.07) is 12.2. The molecule has 2 aromatic carbocycles. The molecule has 0 fully saturated rings. The zero-order valence-electron chi connectivity index (χ0n) is 17.0. The summed E-state index contributed by atoms with van der Waals surface area (Å²) in [5.74, 6) is 0.0860. The molecule has 0 radical (unpaired) electrons. The first-order valence-electron chi connectivity index (χ1n) is 9.40. The molecule has 0 aliphatic heterocycles. The number of carbonyl (C=O) groups is 2. The van der Waals surface area contributed by atoms with Crippen molar-refractivity contribution in [3.8, 4) is 5.75 Å². The maximum Gasteiger partial charge on any atom is 0.261 e. The second-order valence-corrected chi connectivity index (χ2v) is 8.51. The summed E-state index contributed by atoms with van der Waals surface area (Å²) >= 11 is 9.44. The lowest BCUT2D eigenvalue weighted by Gasteiger charge is -2.29. The van der Waals surface area contributed by atoms with Gasteiger partial charge in [0.15, 0.2) is 6.61 Å². The number of aryl methyl sites for hydroxylation is 1. The summed E-state index contributed by atoms with van der Waals surface area (Å²) in [6.45, 7) is 7.50. The fraction of sp³-hybridized carbons (Fsp3) is 0.364. The van der Waals surface area contributed by atoms with Crippen molar-refractivity contribution in [3.05, 3.63) is 63.1 Å². The molecule has 2 aromatic rings. The lowest BCUT2D eigenvalue weighted by molar-refractivity contribution is -0.142. The Labute approximate surface area is 185 Å². The van der Waals surface area contributed by atoms with Crippen LogP contribution in [0.2, 0.25) is 5.02 Å². The maximum atomic E-state index is 13.0. The van der Waals surface area contributed by atoms with Crippen molar-refractivity contribution in [1.29, 1.82) is 0 Å². The topological polar surface area (TPSA) is 58.6 Å². The average Bonchev–Trinajstić information content (AvgIpc) is 2.67. The normalized spacial score (nSPS) is 11.8. The number of nitrogens with one attached hydrogen (secondary N) is 1. The summed E-state index contributed by atoms with van der Waals surface area (Å²) in [4.78, 5) is 27.0. The summed E-state index contributed by atoms with van der Waals surface area (Å²) in [5.41, 5.74) is 1.79. The zero-order chi connectivity index (χ0) is 21.6. The fourth-order valence-electron chi connectivity index (χ4n) is 2.71. The number of carbonyl (C=O) groups excluding carboxylic acids is 2. The van der Waals surface area contributed by atoms with Crippen molar-refractivity contribution in [2.24, 2.45) is 0 Å². The highest BCUT2D eigenvalue weighted by Crippen LogP contribution is 2.21. The van der Waals surface area contributed by atoms with Gasteiger partial charge in [0.25, 0.3) is 5.91 Å². The minimum absolute atomic E-state index is 0.0112. The second-order valence-electron chi connectivity index (χ2n) is 7.19. The Hall–Kier alpha value is -2.05. The number of nitrogens with zero attached hydrogens (tertiary/aromatic N) is 1. The van der Waals surface area contributed by atoms with Crippen LogP contribution >= 0.6 is 27.5 Å². The van der Waals surface area contributed by atoms with Crippen molar-refractivity contribution < 1.29 is 14.3 Å². The third-order valence-electron chi connectivity index (χ3n) is 4.36. The van der Waals surface area contributed by atoms with E-state index in [0.29, 0.717) is 17.3 Å². The van der Waals surface area contributed by atoms with Gasteiger partial charge in [0, 0.05) is 22.1 Å². The van der Waals surface area contributed by atoms with Crippen LogP contribution in [0.5, 0.6) is 5.75 Å². The molecule has 0 unspecified atom stereocenters. The van der Waals surface area contributed by atoms with Gasteiger partial charge in [0.1, 0.15) is 11.8 Å². The van der Waals surface area contributed by atoms with Crippen LogP contribution in [0, 0.1) is 6.92 Å². The van der Waals surface area contributed by atoms with Gasteiger partial charge in [-0.2, -0.15) is 0 Å². The average molecular weight is 482 g/mol. The number of rotatable bonds is 8. The minimum Gasteiger partial charge on any atom is -0.484 e. The van der Waals surface area contributed by atoms with Crippen LogP contribution < -0.4 is 10.1 Å². The smallest absolute Gasteiger partial charge is 0.261 e. The van der Waals surface area contributed by atoms with Gasteiger partial charge in [0.05, 0.1) is 0 Å². The second kappa shape index (κ2) is 10.6. The number of hydrogen-bond donors (Lipinski definition) is 1. The number of halogens is 2. The first-order chi connectivity index (χ1) is 13.7. The van der Waals surface area contributed by atoms with Crippen LogP contribution in [0.15, 0.2) is 46.9 Å². The molecule has 156 valence electrons. The molecule has 0 aliphatic rings. The van der Waals surface area contributed by atoms with E-state index in [0.717, 1.165) is 15.6 Å². The standard InChI is InChI=1S/C22H26BrClN2O3/c1-14(2)25-22(28)16(4)26(12-17-5-7-18(23)8-6-17)21(27)13-29-19-9-10-20(24)15(3)11-19/h5-11,14,16H,12-13H2,1-4H3,(H,25,28)/t16-/m0/s1. The highest BCUT2D eigenvalue weighted by Gasteiger charge is 2.26. The molecular weight excluding hydrogens is 456 g/mol. The lowest BCUT2D eigenvalue weighted by atomic mass is 10.1. The van der Waals surface area contributed by atoms with Gasteiger partial charge in [-0.3, -0.25) is 9.59 Å². The van der Waals surface area contributed by atoms with Crippen LogP contribution in [0.3, 0.4) is 0 Å². The van der Waals surface area contributed by atoms with E-state index >= 15 is 0 Å². The highest BCUT2D eigenvalue weighted by atomic mass is 79.9. The molecule has 2 amide bonds. The van der Waals surface area contributed by atoms with Crippen LogP contribution in [-0.4, -0.2) is 35.4 Å². The Kier molecular flexibility index (Phi) is 8.53. The Morgan fingerprint density at radius 1 is 1.14 bits per heavy atom. The van der Waals surface area contributed by atoms with Gasteiger partial charge in [0.2, 0.25) is 5.91 Å². The molecule has 29 heavy (non-hydrogen) atoms. The first kappa shape index (κ1) is 23.2. The van der Waals surface area contributed by atoms with E-state index in [9.17, 15) is 9.59 Å². The Morgan fingerprint density at radius 2 is 1.79 bits per heavy atom. The molecule has 0 saturated carbocycles. The summed E-state index contributed by atoms with van der Waals surface area (Å²) in [7, 11) is 0. The van der Waals surface area contributed by atoms with Crippen molar-refractivity contribution in [1.82, 2.24) is 10.2 Å². The predicted octanol–water partition coefficient (Wildman–Crippen LogP) is 4.73. The molecule has 0 heterocycles. The number of amides is 2. The molecular formula is C22H26BrClN2O3. The summed E-state index contributed by atoms with van der Waals surface area (Å²) < 4.78 is 6.61. The minimum atomic E-state index is -0.635. The van der Waals surface area contributed by atoms with E-state index in [4.69, 9.17) is 16.3 Å². The van der Waals surface area contributed by atoms with Crippen molar-refractivity contribution in [2.45, 2.75) is 46.3 Å². The Morgan fingerprint density at radius 3 is 2.38 bits per heavy atom. The van der Waals surface area contributed by atoms with E-state index in [1.807, 2.05) is 45.0 Å². The highest BCUT2D eigenvalue weighted by molar-refractivity contribution is 9.10. The fourth-order valence-corrected chi connectivity index (χ4v) is 3.09. The quantitative estimate of drug-likeness (QED) is 0.593. The Balaban J connectivity index is 2.15. The Bertz CT molecular complexity index is 856. The van der Waals surface area contributed by atoms with Gasteiger partial charge in [-0.25, -0.2) is 0 Å². The van der Waals surface area contributed by atoms with Crippen LogP contribution in [0.1, 0.15) is 31.9 Å². The van der Waals surface area contributed by atoms with E-state index in [2.05, 4.69) is 21.2 Å². The molecule has 0 aromatic heterocycles. The lowest BCUT2D eigenvalue weighted by Crippen LogP contribution is -2.50. The summed E-state index contributed by atoms with van der Waals surface area (Å²) in [5, 5.41) is 3.50. The van der Waals surface area contributed by atoms with Crippen LogP contribution in [0.25, 0.3) is 0 Å². The molecule has 0 spiro atoms. The monoisotopic (exact) mass is 480 g/mol. The van der Waals surface area contributed by atoms with Crippen LogP contribution in [0.4, 0.5) is 0 Å². The van der Waals surface area contributed by atoms with Gasteiger partial charge < -0.3 is 15.0 Å². The van der Waals surface area contributed by atoms with Crippen molar-refractivity contribution in [3.63, 3.8) is 0 Å². The molecule has 1 atom stereocenters. The largest absolute Gasteiger partial charge is 0.484 e. The summed E-state index contributed by atoms with van der Waals surface area (Å²) in [6.07, 6.45) is 0. The van der Waals surface area contributed by atoms with E-state index in [1.165, 1.54) is 4.90 Å². The van der Waals surface area contributed by atoms with Crippen molar-refractivity contribution >= 4 is 39.3 Å². The third-order valence-corrected chi connectivity index (χ3v) is 5.31. The van der Waals surface area contributed by atoms with Gasteiger partial charge in [-0.1, -0.05) is 39.7 Å². The number of ether oxygens (including phenoxy) is 1. The molecule has 0 bridgehead atoms. The first-order valence-corrected chi connectivity index (χ1v) is 10.6. The zero-order valence-corrected chi connectivity index (χ0v) is 19.4. The number of hydrogen-bond acceptors (Lipinski definition) is 3. The predicted molar refractivity (Wildman–Crippen MR) is 119 cm³/mol. The molecule has 1 N–H and O–H groups in total. The third kappa shape index (κ3) is 7.05. The van der Waals surface area contributed by atoms with E-state index in [1.54, 1.807) is 25.1 Å². The van der Waals surface area contributed by atoms with Crippen molar-refractivity contribution in [2.75, 3.05) is 6.61 Å². The van der Waals surface area contributed by atoms with Gasteiger partial charge in [-0.15, -0.1) is 0 Å². The van der Waals surface area contributed by atoms with Gasteiger partial charge >= 0.3 is 0 Å². The van der Waals surface area contributed by atoms with E-state index in [-0.39, 0.29) is 24.5 Å². The number of benzene rings is 2. The molecule has 2 rings (SSSR count). The molecule has 5 nitrogen and oxygen atoms in total. The van der Waals surface area contributed by atoms with E-state index < -0.39 is 6.04 Å². The maximum absolute atomic E-state index is 13.0.